The lowest BCUT2D eigenvalue weighted by atomic mass is 10.2. The van der Waals surface area contributed by atoms with E-state index < -0.39 is 24.3 Å². The topological polar surface area (TPSA) is 61.8 Å². The molecule has 1 saturated heterocycles. The number of methoxy groups -OCH3 is 1. The Labute approximate surface area is 76.0 Å². The van der Waals surface area contributed by atoms with E-state index in [1.165, 1.54) is 14.0 Å². The maximum Gasteiger partial charge on any atom is 0.335 e. The van der Waals surface area contributed by atoms with Crippen molar-refractivity contribution in [2.75, 3.05) is 7.11 Å². The number of carbonyl (C=O) groups is 2. The van der Waals surface area contributed by atoms with E-state index in [0.29, 0.717) is 12.8 Å². The molecular formula is C8H12O5. The molecule has 1 heterocycles. The molecule has 0 aromatic carbocycles. The molecule has 5 heteroatoms. The smallest absolute Gasteiger partial charge is 0.335 e. The molecule has 13 heavy (non-hydrogen) atoms. The van der Waals surface area contributed by atoms with Gasteiger partial charge in [-0.05, 0) is 6.42 Å². The summed E-state index contributed by atoms with van der Waals surface area (Å²) in [4.78, 5) is 21.5. The third-order valence-electron chi connectivity index (χ3n) is 1.74. The molecule has 0 aromatic rings. The molecule has 1 aliphatic heterocycles. The second kappa shape index (κ2) is 4.23. The second-order valence-corrected chi connectivity index (χ2v) is 2.76. The number of rotatable bonds is 2. The van der Waals surface area contributed by atoms with E-state index in [4.69, 9.17) is 9.47 Å². The van der Waals surface area contributed by atoms with Crippen molar-refractivity contribution in [1.82, 2.24) is 0 Å². The molecule has 1 aliphatic rings. The Kier molecular flexibility index (Phi) is 3.25. The minimum atomic E-state index is -0.596. The molecular weight excluding hydrogens is 176 g/mol. The van der Waals surface area contributed by atoms with Crippen molar-refractivity contribution < 1.29 is 23.8 Å². The molecule has 74 valence electrons. The summed E-state index contributed by atoms with van der Waals surface area (Å²) >= 11 is 0. The normalized spacial score (nSPS) is 26.9. The Balaban J connectivity index is 2.36. The van der Waals surface area contributed by atoms with Gasteiger partial charge in [-0.15, -0.1) is 0 Å². The maximum absolute atomic E-state index is 11.0. The first-order chi connectivity index (χ1) is 6.13. The van der Waals surface area contributed by atoms with Crippen LogP contribution in [-0.2, 0) is 23.8 Å². The predicted molar refractivity (Wildman–Crippen MR) is 41.7 cm³/mol. The average molecular weight is 188 g/mol. The Hall–Kier alpha value is -1.10. The predicted octanol–water partition coefficient (Wildman–Crippen LogP) is 0.228. The van der Waals surface area contributed by atoms with E-state index in [1.807, 2.05) is 0 Å². The molecule has 0 amide bonds. The van der Waals surface area contributed by atoms with Crippen LogP contribution in [0.1, 0.15) is 19.8 Å². The van der Waals surface area contributed by atoms with Gasteiger partial charge in [0.25, 0.3) is 0 Å². The van der Waals surface area contributed by atoms with E-state index in [-0.39, 0.29) is 0 Å². The van der Waals surface area contributed by atoms with Gasteiger partial charge in [-0.3, -0.25) is 4.79 Å². The highest BCUT2D eigenvalue weighted by atomic mass is 16.7. The quantitative estimate of drug-likeness (QED) is 0.580. The summed E-state index contributed by atoms with van der Waals surface area (Å²) in [5, 5.41) is 0. The van der Waals surface area contributed by atoms with Gasteiger partial charge in [-0.2, -0.15) is 0 Å². The van der Waals surface area contributed by atoms with Gasteiger partial charge >= 0.3 is 11.9 Å². The van der Waals surface area contributed by atoms with Crippen molar-refractivity contribution in [3.05, 3.63) is 0 Å². The van der Waals surface area contributed by atoms with Crippen LogP contribution in [0.2, 0.25) is 0 Å². The van der Waals surface area contributed by atoms with Crippen LogP contribution in [0.15, 0.2) is 0 Å². The van der Waals surface area contributed by atoms with Crippen molar-refractivity contribution >= 4 is 11.9 Å². The van der Waals surface area contributed by atoms with Crippen LogP contribution in [0.5, 0.6) is 0 Å². The zero-order valence-corrected chi connectivity index (χ0v) is 7.61. The zero-order valence-electron chi connectivity index (χ0n) is 7.61. The molecule has 1 fully saturated rings. The van der Waals surface area contributed by atoms with E-state index in [1.54, 1.807) is 0 Å². The maximum atomic E-state index is 11.0. The molecule has 0 N–H and O–H groups in total. The van der Waals surface area contributed by atoms with Gasteiger partial charge in [0.15, 0.2) is 6.10 Å². The zero-order chi connectivity index (χ0) is 9.84. The van der Waals surface area contributed by atoms with Crippen LogP contribution >= 0.6 is 0 Å². The number of hydrogen-bond donors (Lipinski definition) is 0. The summed E-state index contributed by atoms with van der Waals surface area (Å²) in [6, 6.07) is 0. The molecule has 0 saturated carbocycles. The van der Waals surface area contributed by atoms with E-state index in [2.05, 4.69) is 4.74 Å². The fourth-order valence-corrected chi connectivity index (χ4v) is 1.18. The minimum absolute atomic E-state index is 0.407. The van der Waals surface area contributed by atoms with Gasteiger partial charge in [-0.1, -0.05) is 0 Å². The van der Waals surface area contributed by atoms with Crippen molar-refractivity contribution in [2.24, 2.45) is 0 Å². The molecule has 0 aliphatic carbocycles. The van der Waals surface area contributed by atoms with Gasteiger partial charge in [0.1, 0.15) is 0 Å². The van der Waals surface area contributed by atoms with Crippen LogP contribution in [0.4, 0.5) is 0 Å². The summed E-state index contributed by atoms with van der Waals surface area (Å²) in [7, 11) is 1.30. The van der Waals surface area contributed by atoms with Gasteiger partial charge in [0, 0.05) is 13.3 Å². The summed E-state index contributed by atoms with van der Waals surface area (Å²) < 4.78 is 14.4. The fraction of sp³-hybridized carbons (Fsp3) is 0.750. The molecule has 2 atom stereocenters. The van der Waals surface area contributed by atoms with Crippen molar-refractivity contribution in [2.45, 2.75) is 32.2 Å². The highest BCUT2D eigenvalue weighted by Gasteiger charge is 2.32. The summed E-state index contributed by atoms with van der Waals surface area (Å²) in [6.45, 7) is 1.30. The summed E-state index contributed by atoms with van der Waals surface area (Å²) in [6.07, 6.45) is -0.111. The Morgan fingerprint density at radius 2 is 2.08 bits per heavy atom. The summed E-state index contributed by atoms with van der Waals surface area (Å²) in [5.74, 6) is -0.829. The molecule has 1 unspecified atom stereocenters. The standard InChI is InChI=1S/C8H12O5/c1-5(9)12-7-4-3-6(13-7)8(10)11-2/h6-7H,3-4H2,1-2H3/t6?,7-/m1/s1. The van der Waals surface area contributed by atoms with Crippen LogP contribution < -0.4 is 0 Å². The van der Waals surface area contributed by atoms with Gasteiger partial charge in [0.2, 0.25) is 6.29 Å². The van der Waals surface area contributed by atoms with Crippen molar-refractivity contribution in [1.29, 1.82) is 0 Å². The van der Waals surface area contributed by atoms with E-state index in [9.17, 15) is 9.59 Å². The Morgan fingerprint density at radius 1 is 1.38 bits per heavy atom. The lowest BCUT2D eigenvalue weighted by Crippen LogP contribution is -2.24. The van der Waals surface area contributed by atoms with Crippen LogP contribution in [0.3, 0.4) is 0 Å². The van der Waals surface area contributed by atoms with Gasteiger partial charge < -0.3 is 14.2 Å². The number of esters is 2. The van der Waals surface area contributed by atoms with E-state index >= 15 is 0 Å². The fourth-order valence-electron chi connectivity index (χ4n) is 1.18. The molecule has 0 spiro atoms. The number of ether oxygens (including phenoxy) is 3. The minimum Gasteiger partial charge on any atom is -0.467 e. The van der Waals surface area contributed by atoms with E-state index in [0.717, 1.165) is 0 Å². The van der Waals surface area contributed by atoms with Gasteiger partial charge in [-0.25, -0.2) is 4.79 Å². The van der Waals surface area contributed by atoms with Crippen LogP contribution in [0.25, 0.3) is 0 Å². The highest BCUT2D eigenvalue weighted by Crippen LogP contribution is 2.21. The molecule has 1 rings (SSSR count). The molecule has 0 radical (unpaired) electrons. The second-order valence-electron chi connectivity index (χ2n) is 2.76. The van der Waals surface area contributed by atoms with Crippen molar-refractivity contribution in [3.8, 4) is 0 Å². The van der Waals surface area contributed by atoms with Crippen LogP contribution in [-0.4, -0.2) is 31.4 Å². The third-order valence-corrected chi connectivity index (χ3v) is 1.74. The Morgan fingerprint density at radius 3 is 2.62 bits per heavy atom. The van der Waals surface area contributed by atoms with Crippen molar-refractivity contribution in [3.63, 3.8) is 0 Å². The number of carbonyl (C=O) groups excluding carboxylic acids is 2. The van der Waals surface area contributed by atoms with Crippen LogP contribution in [0, 0.1) is 0 Å². The first kappa shape index (κ1) is 9.98. The average Bonchev–Trinajstić information content (AvgIpc) is 2.50. The largest absolute Gasteiger partial charge is 0.467 e. The molecule has 5 nitrogen and oxygen atoms in total. The molecule has 0 aromatic heterocycles. The monoisotopic (exact) mass is 188 g/mol. The Bertz CT molecular complexity index is 213. The lowest BCUT2D eigenvalue weighted by Gasteiger charge is -2.11. The molecule has 0 bridgehead atoms. The summed E-state index contributed by atoms with van der Waals surface area (Å²) in [5.41, 5.74) is 0. The lowest BCUT2D eigenvalue weighted by molar-refractivity contribution is -0.182. The van der Waals surface area contributed by atoms with Gasteiger partial charge in [0.05, 0.1) is 7.11 Å². The first-order valence-electron chi connectivity index (χ1n) is 4.04. The third kappa shape index (κ3) is 2.69. The SMILES string of the molecule is COC(=O)C1CC[C@H](OC(C)=O)O1. The first-order valence-corrected chi connectivity index (χ1v) is 4.04. The highest BCUT2D eigenvalue weighted by molar-refractivity contribution is 5.74. The number of hydrogen-bond acceptors (Lipinski definition) is 5.